The van der Waals surface area contributed by atoms with E-state index < -0.39 is 29.7 Å². The number of nitrogens with one attached hydrogen (secondary N) is 4. The molecule has 3 amide bonds. The third-order valence-corrected chi connectivity index (χ3v) is 3.61. The highest BCUT2D eigenvalue weighted by Gasteiger charge is 2.32. The monoisotopic (exact) mass is 381 g/mol. The van der Waals surface area contributed by atoms with Crippen LogP contribution in [0.2, 0.25) is 0 Å². The second kappa shape index (κ2) is 8.94. The molecule has 146 valence electrons. The van der Waals surface area contributed by atoms with Crippen LogP contribution in [0.4, 0.5) is 20.6 Å². The minimum absolute atomic E-state index is 0.0279. The van der Waals surface area contributed by atoms with E-state index in [-0.39, 0.29) is 31.4 Å². The van der Waals surface area contributed by atoms with Crippen LogP contribution in [0, 0.1) is 5.82 Å². The Hall–Kier alpha value is -3.21. The van der Waals surface area contributed by atoms with Crippen molar-refractivity contribution in [3.8, 4) is 0 Å². The van der Waals surface area contributed by atoms with Gasteiger partial charge in [0.1, 0.15) is 11.9 Å². The quantitative estimate of drug-likeness (QED) is 0.214. The van der Waals surface area contributed by atoms with E-state index >= 15 is 0 Å². The van der Waals surface area contributed by atoms with Crippen molar-refractivity contribution in [1.29, 1.82) is 0 Å². The Morgan fingerprint density at radius 2 is 2.04 bits per heavy atom. The number of nitrogens with zero attached hydrogens (tertiary/aromatic N) is 1. The highest BCUT2D eigenvalue weighted by molar-refractivity contribution is 6.35. The van der Waals surface area contributed by atoms with Crippen LogP contribution >= 0.6 is 0 Å². The van der Waals surface area contributed by atoms with Crippen LogP contribution in [0.5, 0.6) is 0 Å². The van der Waals surface area contributed by atoms with Gasteiger partial charge in [0.15, 0.2) is 0 Å². The van der Waals surface area contributed by atoms with E-state index in [1.807, 2.05) is 0 Å². The van der Waals surface area contributed by atoms with Gasteiger partial charge in [-0.2, -0.15) is 0 Å². The van der Waals surface area contributed by atoms with Gasteiger partial charge in [-0.05, 0) is 18.2 Å². The first kappa shape index (κ1) is 20.1. The molecule has 1 aliphatic heterocycles. The van der Waals surface area contributed by atoms with Gasteiger partial charge < -0.3 is 15.4 Å². The molecule has 0 aromatic heterocycles. The molecule has 0 spiro atoms. The molecule has 0 unspecified atom stereocenters. The van der Waals surface area contributed by atoms with Gasteiger partial charge in [-0.3, -0.25) is 24.7 Å². The van der Waals surface area contributed by atoms with E-state index in [0.717, 1.165) is 6.92 Å². The maximum Gasteiger partial charge on any atom is 0.414 e. The molecule has 10 nitrogen and oxygen atoms in total. The Balaban J connectivity index is 1.90. The lowest BCUT2D eigenvalue weighted by molar-refractivity contribution is -0.137. The molecule has 0 saturated carbocycles. The van der Waals surface area contributed by atoms with Gasteiger partial charge in [0, 0.05) is 13.8 Å². The number of ether oxygens (including phenoxy) is 1. The molecule has 1 aromatic carbocycles. The van der Waals surface area contributed by atoms with Gasteiger partial charge in [0.05, 0.1) is 31.1 Å². The number of carbonyl (C=O) groups excluding carboxylic acids is 4. The first-order chi connectivity index (χ1) is 12.8. The Labute approximate surface area is 154 Å². The zero-order chi connectivity index (χ0) is 20.0. The van der Waals surface area contributed by atoms with E-state index in [0.29, 0.717) is 5.69 Å². The molecule has 1 aromatic rings. The minimum atomic E-state index is -0.811. The van der Waals surface area contributed by atoms with Crippen molar-refractivity contribution >= 4 is 35.1 Å². The summed E-state index contributed by atoms with van der Waals surface area (Å²) in [5.41, 5.74) is 5.01. The predicted octanol–water partition coefficient (Wildman–Crippen LogP) is -0.134. The number of cyclic esters (lactones) is 1. The summed E-state index contributed by atoms with van der Waals surface area (Å²) in [5, 5.41) is 5.24. The Morgan fingerprint density at radius 3 is 2.67 bits per heavy atom. The SMILES string of the molecule is CC(=O)NC[C@H]1CN(c2ccc(NCNNC(=O)C(C)=O)c(F)c2)C(=O)O1. The van der Waals surface area contributed by atoms with E-state index in [1.54, 1.807) is 0 Å². The van der Waals surface area contributed by atoms with Crippen LogP contribution in [-0.2, 0) is 19.1 Å². The number of rotatable bonds is 8. The van der Waals surface area contributed by atoms with Crippen molar-refractivity contribution < 1.29 is 28.3 Å². The molecular weight excluding hydrogens is 361 g/mol. The lowest BCUT2D eigenvalue weighted by atomic mass is 10.2. The zero-order valence-corrected chi connectivity index (χ0v) is 14.8. The third kappa shape index (κ3) is 5.64. The summed E-state index contributed by atoms with van der Waals surface area (Å²) >= 11 is 0. The predicted molar refractivity (Wildman–Crippen MR) is 93.1 cm³/mol. The number of ketones is 1. The van der Waals surface area contributed by atoms with Gasteiger partial charge in [-0.25, -0.2) is 14.6 Å². The van der Waals surface area contributed by atoms with Gasteiger partial charge in [0.2, 0.25) is 11.7 Å². The summed E-state index contributed by atoms with van der Waals surface area (Å²) in [6.45, 7) is 2.81. The molecule has 11 heteroatoms. The van der Waals surface area contributed by atoms with E-state index in [1.165, 1.54) is 30.0 Å². The average molecular weight is 381 g/mol. The number of Topliss-reactive ketones (excluding diaryl/α,β-unsaturated/α-hetero) is 1. The summed E-state index contributed by atoms with van der Waals surface area (Å²) in [6.07, 6.45) is -1.14. The van der Waals surface area contributed by atoms with E-state index in [4.69, 9.17) is 4.74 Å². The number of anilines is 2. The summed E-state index contributed by atoms with van der Waals surface area (Å²) < 4.78 is 19.4. The second-order valence-electron chi connectivity index (χ2n) is 5.76. The Bertz CT molecular complexity index is 757. The van der Waals surface area contributed by atoms with Crippen LogP contribution in [0.15, 0.2) is 18.2 Å². The Morgan fingerprint density at radius 1 is 1.30 bits per heavy atom. The lowest BCUT2D eigenvalue weighted by Crippen LogP contribution is -2.43. The number of hydrogen-bond acceptors (Lipinski definition) is 7. The summed E-state index contributed by atoms with van der Waals surface area (Å²) in [6, 6.07) is 4.12. The molecule has 1 aliphatic rings. The first-order valence-corrected chi connectivity index (χ1v) is 8.07. The fourth-order valence-corrected chi connectivity index (χ4v) is 2.26. The fraction of sp³-hybridized carbons (Fsp3) is 0.375. The normalized spacial score (nSPS) is 15.9. The van der Waals surface area contributed by atoms with Crippen molar-refractivity contribution in [2.24, 2.45) is 0 Å². The standard InChI is InChI=1S/C16H20FN5O5/c1-9(23)15(25)21-20-8-19-14-4-3-11(5-13(14)17)22-7-12(27-16(22)26)6-18-10(2)24/h3-5,12,19-20H,6-8H2,1-2H3,(H,18,24)(H,21,25)/t12-/m0/s1. The van der Waals surface area contributed by atoms with Gasteiger partial charge in [-0.1, -0.05) is 0 Å². The number of amides is 3. The van der Waals surface area contributed by atoms with Crippen molar-refractivity contribution in [2.45, 2.75) is 20.0 Å². The summed E-state index contributed by atoms with van der Waals surface area (Å²) in [7, 11) is 0. The van der Waals surface area contributed by atoms with E-state index in [9.17, 15) is 23.6 Å². The molecule has 4 N–H and O–H groups in total. The molecule has 0 aliphatic carbocycles. The van der Waals surface area contributed by atoms with Gasteiger partial charge in [0.25, 0.3) is 0 Å². The average Bonchev–Trinajstić information content (AvgIpc) is 2.98. The number of hydrazine groups is 1. The Kier molecular flexibility index (Phi) is 6.66. The van der Waals surface area contributed by atoms with Gasteiger partial charge in [-0.15, -0.1) is 0 Å². The maximum absolute atomic E-state index is 14.2. The number of halogens is 1. The lowest BCUT2D eigenvalue weighted by Gasteiger charge is -2.15. The molecule has 27 heavy (non-hydrogen) atoms. The summed E-state index contributed by atoms with van der Waals surface area (Å²) in [5.74, 6) is -2.33. The second-order valence-corrected chi connectivity index (χ2v) is 5.76. The minimum Gasteiger partial charge on any atom is -0.442 e. The first-order valence-electron chi connectivity index (χ1n) is 8.07. The maximum atomic E-state index is 14.2. The fourth-order valence-electron chi connectivity index (χ4n) is 2.26. The van der Waals surface area contributed by atoms with Crippen LogP contribution < -0.4 is 26.4 Å². The molecule has 0 bridgehead atoms. The zero-order valence-electron chi connectivity index (χ0n) is 14.8. The van der Waals surface area contributed by atoms with Crippen molar-refractivity contribution in [1.82, 2.24) is 16.2 Å². The molecule has 1 saturated heterocycles. The smallest absolute Gasteiger partial charge is 0.414 e. The van der Waals surface area contributed by atoms with Crippen molar-refractivity contribution in [3.63, 3.8) is 0 Å². The molecule has 1 atom stereocenters. The third-order valence-electron chi connectivity index (χ3n) is 3.61. The molecule has 0 radical (unpaired) electrons. The number of carbonyl (C=O) groups is 4. The van der Waals surface area contributed by atoms with Crippen LogP contribution in [0.1, 0.15) is 13.8 Å². The number of hydrogen-bond donors (Lipinski definition) is 4. The topological polar surface area (TPSA) is 129 Å². The molecule has 2 rings (SSSR count). The van der Waals surface area contributed by atoms with Crippen LogP contribution in [0.3, 0.4) is 0 Å². The summed E-state index contributed by atoms with van der Waals surface area (Å²) in [4.78, 5) is 45.9. The number of benzene rings is 1. The van der Waals surface area contributed by atoms with Crippen molar-refractivity contribution in [2.75, 3.05) is 30.0 Å². The largest absolute Gasteiger partial charge is 0.442 e. The van der Waals surface area contributed by atoms with Crippen LogP contribution in [-0.4, -0.2) is 49.6 Å². The van der Waals surface area contributed by atoms with Gasteiger partial charge >= 0.3 is 12.0 Å². The van der Waals surface area contributed by atoms with E-state index in [2.05, 4.69) is 21.5 Å². The molecule has 1 fully saturated rings. The highest BCUT2D eigenvalue weighted by atomic mass is 19.1. The highest BCUT2D eigenvalue weighted by Crippen LogP contribution is 2.25. The van der Waals surface area contributed by atoms with Crippen LogP contribution in [0.25, 0.3) is 0 Å². The molecular formula is C16H20FN5O5. The molecule has 1 heterocycles. The van der Waals surface area contributed by atoms with Crippen molar-refractivity contribution in [3.05, 3.63) is 24.0 Å².